The van der Waals surface area contributed by atoms with Crippen LogP contribution in [0.1, 0.15) is 30.0 Å². The molecule has 2 atom stereocenters. The third-order valence-corrected chi connectivity index (χ3v) is 7.05. The number of hydrogen-bond donors (Lipinski definition) is 1. The van der Waals surface area contributed by atoms with Gasteiger partial charge >= 0.3 is 0 Å². The average Bonchev–Trinajstić information content (AvgIpc) is 3.31. The zero-order valence-corrected chi connectivity index (χ0v) is 20.0. The highest BCUT2D eigenvalue weighted by Gasteiger charge is 2.31. The number of ether oxygens (including phenoxy) is 4. The molecule has 0 radical (unpaired) electrons. The van der Waals surface area contributed by atoms with Gasteiger partial charge in [0.15, 0.2) is 11.5 Å². The van der Waals surface area contributed by atoms with E-state index in [1.807, 2.05) is 24.4 Å². The van der Waals surface area contributed by atoms with Gasteiger partial charge in [-0.3, -0.25) is 9.97 Å². The summed E-state index contributed by atoms with van der Waals surface area (Å²) >= 11 is 0. The first-order valence-corrected chi connectivity index (χ1v) is 12.4. The smallest absolute Gasteiger partial charge is 0.213 e. The van der Waals surface area contributed by atoms with Crippen LogP contribution in [0.4, 0.5) is 0 Å². The van der Waals surface area contributed by atoms with Crippen LogP contribution in [0.3, 0.4) is 0 Å². The Hall–Kier alpha value is -3.17. The Morgan fingerprint density at radius 2 is 1.97 bits per heavy atom. The number of nitrogens with one attached hydrogen (secondary N) is 1. The molecule has 1 unspecified atom stereocenters. The van der Waals surface area contributed by atoms with Crippen molar-refractivity contribution in [1.82, 2.24) is 25.2 Å². The summed E-state index contributed by atoms with van der Waals surface area (Å²) in [6.07, 6.45) is 6.04. The third-order valence-electron chi connectivity index (χ3n) is 7.05. The second-order valence-corrected chi connectivity index (χ2v) is 9.48. The number of pyridine rings is 3. The fraction of sp³-hybridized carbons (Fsp3) is 0.500. The molecule has 0 spiro atoms. The predicted octanol–water partition coefficient (Wildman–Crippen LogP) is 2.78. The van der Waals surface area contributed by atoms with E-state index in [0.29, 0.717) is 31.6 Å². The summed E-state index contributed by atoms with van der Waals surface area (Å²) in [7, 11) is 1.64. The second kappa shape index (κ2) is 9.83. The quantitative estimate of drug-likeness (QED) is 0.552. The van der Waals surface area contributed by atoms with Gasteiger partial charge in [0.25, 0.3) is 0 Å². The van der Waals surface area contributed by atoms with Crippen molar-refractivity contribution in [1.29, 1.82) is 0 Å². The molecule has 9 nitrogen and oxygen atoms in total. The topological polar surface area (TPSA) is 90.9 Å². The normalized spacial score (nSPS) is 21.5. The molecule has 3 aromatic rings. The van der Waals surface area contributed by atoms with Gasteiger partial charge in [-0.25, -0.2) is 4.98 Å². The van der Waals surface area contributed by atoms with Crippen LogP contribution in [0.25, 0.3) is 11.0 Å². The molecule has 1 N–H and O–H groups in total. The summed E-state index contributed by atoms with van der Waals surface area (Å²) < 4.78 is 22.6. The maximum atomic E-state index is 6.01. The largest absolute Gasteiger partial charge is 0.491 e. The van der Waals surface area contributed by atoms with E-state index in [4.69, 9.17) is 23.9 Å². The number of rotatable bonds is 7. The highest BCUT2D eigenvalue weighted by atomic mass is 16.6. The fourth-order valence-electron chi connectivity index (χ4n) is 5.38. The number of nitrogens with zero attached hydrogens (tertiary/aromatic N) is 4. The van der Waals surface area contributed by atoms with E-state index in [-0.39, 0.29) is 5.92 Å². The lowest BCUT2D eigenvalue weighted by atomic mass is 9.94. The Balaban J connectivity index is 1.07. The number of likely N-dealkylation sites (tertiary alicyclic amines) is 1. The molecule has 0 aliphatic carbocycles. The summed E-state index contributed by atoms with van der Waals surface area (Å²) in [6.45, 7) is 6.70. The molecule has 3 aliphatic rings. The van der Waals surface area contributed by atoms with Crippen LogP contribution in [-0.4, -0.2) is 73.0 Å². The number of piperidine rings is 1. The SMILES string of the molecule is COc1ccc2ncc3c(c2n1)C(CN1CCC[C@@H](CNCc2cc4c(cn2)OCCO4)C1)CO3. The summed E-state index contributed by atoms with van der Waals surface area (Å²) in [4.78, 5) is 16.3. The number of fused-ring (bicyclic) bond motifs is 4. The van der Waals surface area contributed by atoms with Crippen LogP contribution >= 0.6 is 0 Å². The third kappa shape index (κ3) is 4.70. The van der Waals surface area contributed by atoms with Gasteiger partial charge in [-0.15, -0.1) is 0 Å². The van der Waals surface area contributed by atoms with Crippen LogP contribution in [0.2, 0.25) is 0 Å². The van der Waals surface area contributed by atoms with E-state index < -0.39 is 0 Å². The first-order chi connectivity index (χ1) is 17.3. The van der Waals surface area contributed by atoms with Crippen molar-refractivity contribution in [2.24, 2.45) is 5.92 Å². The molecule has 0 amide bonds. The minimum absolute atomic E-state index is 0.281. The maximum Gasteiger partial charge on any atom is 0.213 e. The maximum absolute atomic E-state index is 6.01. The molecular weight excluding hydrogens is 446 g/mol. The molecule has 3 aliphatic heterocycles. The number of methoxy groups -OCH3 is 1. The molecule has 184 valence electrons. The van der Waals surface area contributed by atoms with Gasteiger partial charge in [-0.05, 0) is 37.9 Å². The lowest BCUT2D eigenvalue weighted by Gasteiger charge is -2.34. The van der Waals surface area contributed by atoms with Crippen molar-refractivity contribution in [3.05, 3.63) is 41.9 Å². The van der Waals surface area contributed by atoms with E-state index in [1.165, 1.54) is 18.4 Å². The lowest BCUT2D eigenvalue weighted by molar-refractivity contribution is 0.156. The molecule has 0 aromatic carbocycles. The molecular formula is C26H31N5O4. The van der Waals surface area contributed by atoms with Crippen molar-refractivity contribution in [3.63, 3.8) is 0 Å². The van der Waals surface area contributed by atoms with E-state index in [2.05, 4.69) is 20.2 Å². The molecule has 9 heteroatoms. The summed E-state index contributed by atoms with van der Waals surface area (Å²) in [5, 5.41) is 3.60. The average molecular weight is 478 g/mol. The Bertz CT molecular complexity index is 1210. The Kier molecular flexibility index (Phi) is 6.26. The standard InChI is InChI=1S/C26H31N5O4/c1-32-24-5-4-20-26(30-24)25-18(16-35-23(25)13-29-20)15-31-6-2-3-17(14-31)10-27-11-19-9-21-22(12-28-19)34-8-7-33-21/h4-5,9,12-13,17-18,27H,2-3,6-8,10-11,14-16H2,1H3/t17-,18?/m0/s1. The first-order valence-electron chi connectivity index (χ1n) is 12.4. The van der Waals surface area contributed by atoms with Crippen molar-refractivity contribution >= 4 is 11.0 Å². The highest BCUT2D eigenvalue weighted by Crippen LogP contribution is 2.39. The Morgan fingerprint density at radius 3 is 2.89 bits per heavy atom. The molecule has 3 aromatic heterocycles. The van der Waals surface area contributed by atoms with Crippen LogP contribution in [0.5, 0.6) is 23.1 Å². The zero-order valence-electron chi connectivity index (χ0n) is 20.0. The van der Waals surface area contributed by atoms with E-state index in [0.717, 1.165) is 66.7 Å². The van der Waals surface area contributed by atoms with Crippen molar-refractivity contribution in [2.45, 2.75) is 25.3 Å². The molecule has 1 saturated heterocycles. The molecule has 6 heterocycles. The van der Waals surface area contributed by atoms with Gasteiger partial charge in [-0.2, -0.15) is 0 Å². The predicted molar refractivity (Wildman–Crippen MR) is 130 cm³/mol. The first kappa shape index (κ1) is 22.3. The molecule has 1 fully saturated rings. The van der Waals surface area contributed by atoms with Crippen LogP contribution < -0.4 is 24.3 Å². The molecule has 0 saturated carbocycles. The van der Waals surface area contributed by atoms with Crippen LogP contribution in [-0.2, 0) is 6.54 Å². The minimum atomic E-state index is 0.281. The van der Waals surface area contributed by atoms with Gasteiger partial charge in [0, 0.05) is 43.2 Å². The second-order valence-electron chi connectivity index (χ2n) is 9.48. The van der Waals surface area contributed by atoms with E-state index in [9.17, 15) is 0 Å². The van der Waals surface area contributed by atoms with Crippen molar-refractivity contribution in [3.8, 4) is 23.1 Å². The van der Waals surface area contributed by atoms with Crippen molar-refractivity contribution in [2.75, 3.05) is 53.1 Å². The van der Waals surface area contributed by atoms with Gasteiger partial charge in [0.1, 0.15) is 24.5 Å². The van der Waals surface area contributed by atoms with E-state index in [1.54, 1.807) is 13.3 Å². The summed E-state index contributed by atoms with van der Waals surface area (Å²) in [5.41, 5.74) is 3.92. The summed E-state index contributed by atoms with van der Waals surface area (Å²) in [5.74, 6) is 3.87. The molecule has 35 heavy (non-hydrogen) atoms. The van der Waals surface area contributed by atoms with Gasteiger partial charge in [-0.1, -0.05) is 0 Å². The van der Waals surface area contributed by atoms with Crippen LogP contribution in [0, 0.1) is 5.92 Å². The molecule has 6 rings (SSSR count). The van der Waals surface area contributed by atoms with Gasteiger partial charge in [0.05, 0.1) is 37.3 Å². The minimum Gasteiger partial charge on any atom is -0.491 e. The van der Waals surface area contributed by atoms with Crippen LogP contribution in [0.15, 0.2) is 30.6 Å². The Morgan fingerprint density at radius 1 is 1.09 bits per heavy atom. The van der Waals surface area contributed by atoms with E-state index >= 15 is 0 Å². The highest BCUT2D eigenvalue weighted by molar-refractivity contribution is 5.81. The van der Waals surface area contributed by atoms with Gasteiger partial charge in [0.2, 0.25) is 5.88 Å². The number of hydrogen-bond acceptors (Lipinski definition) is 9. The van der Waals surface area contributed by atoms with Gasteiger partial charge < -0.3 is 29.2 Å². The fourth-order valence-corrected chi connectivity index (χ4v) is 5.38. The zero-order chi connectivity index (χ0) is 23.6. The Labute approximate surface area is 204 Å². The number of aromatic nitrogens is 3. The monoisotopic (exact) mass is 477 g/mol. The summed E-state index contributed by atoms with van der Waals surface area (Å²) in [6, 6.07) is 5.81. The lowest BCUT2D eigenvalue weighted by Crippen LogP contribution is -2.41. The van der Waals surface area contributed by atoms with Crippen molar-refractivity contribution < 1.29 is 18.9 Å². The molecule has 0 bridgehead atoms.